The third kappa shape index (κ3) is 3.89. The summed E-state index contributed by atoms with van der Waals surface area (Å²) in [6.45, 7) is 3.97. The zero-order chi connectivity index (χ0) is 20.6. The van der Waals surface area contributed by atoms with Crippen LogP contribution in [-0.2, 0) is 9.59 Å². The van der Waals surface area contributed by atoms with E-state index in [1.54, 1.807) is 12.6 Å². The molecule has 4 rings (SSSR count). The molecule has 1 aliphatic carbocycles. The number of carbonyl (C=O) groups excluding carboxylic acids is 2. The van der Waals surface area contributed by atoms with Crippen molar-refractivity contribution < 1.29 is 19.5 Å². The molecule has 2 heterocycles. The summed E-state index contributed by atoms with van der Waals surface area (Å²) >= 11 is 0. The molecule has 1 aromatic carbocycles. The van der Waals surface area contributed by atoms with Crippen LogP contribution in [0.2, 0.25) is 0 Å². The Balaban J connectivity index is 1.46. The van der Waals surface area contributed by atoms with Crippen molar-refractivity contribution in [2.45, 2.75) is 38.6 Å². The van der Waals surface area contributed by atoms with Crippen LogP contribution in [0.15, 0.2) is 24.3 Å². The van der Waals surface area contributed by atoms with Crippen molar-refractivity contribution in [2.75, 3.05) is 26.7 Å². The van der Waals surface area contributed by atoms with Crippen molar-refractivity contribution in [3.63, 3.8) is 0 Å². The van der Waals surface area contributed by atoms with Crippen LogP contribution in [0.1, 0.15) is 36.8 Å². The Hall–Kier alpha value is -2.38. The number of aryl methyl sites for hydroxylation is 1. The summed E-state index contributed by atoms with van der Waals surface area (Å²) in [5.74, 6) is -0.220. The summed E-state index contributed by atoms with van der Waals surface area (Å²) in [6.07, 6.45) is 5.68. The fraction of sp³-hybridized carbons (Fsp3) is 0.545. The van der Waals surface area contributed by atoms with Gasteiger partial charge in [0.25, 0.3) is 0 Å². The van der Waals surface area contributed by atoms with Crippen LogP contribution in [0.4, 0.5) is 0 Å². The predicted molar refractivity (Wildman–Crippen MR) is 108 cm³/mol. The number of benzene rings is 1. The van der Waals surface area contributed by atoms with Gasteiger partial charge in [0.2, 0.25) is 11.8 Å². The molecular weight excluding hydrogens is 370 g/mol. The minimum atomic E-state index is -0.578. The normalized spacial score (nSPS) is 25.3. The van der Waals surface area contributed by atoms with Crippen LogP contribution >= 0.6 is 0 Å². The minimum Gasteiger partial charge on any atom is -0.497 e. The van der Waals surface area contributed by atoms with E-state index in [1.165, 1.54) is 11.1 Å². The van der Waals surface area contributed by atoms with Gasteiger partial charge in [-0.25, -0.2) is 5.48 Å². The topological polar surface area (TPSA) is 90.9 Å². The summed E-state index contributed by atoms with van der Waals surface area (Å²) in [6, 6.07) is 5.46. The SMILES string of the molecule is COc1ccc(C2=CCN(C(=O)[C@H]3NCC4(CC4)C[C@@H]3C(=O)NO)CC2)c(C)c1. The lowest BCUT2D eigenvalue weighted by Crippen LogP contribution is -2.59. The van der Waals surface area contributed by atoms with Crippen molar-refractivity contribution >= 4 is 17.4 Å². The van der Waals surface area contributed by atoms with Gasteiger partial charge in [-0.05, 0) is 66.9 Å². The van der Waals surface area contributed by atoms with Crippen molar-refractivity contribution in [1.29, 1.82) is 0 Å². The molecule has 7 nitrogen and oxygen atoms in total. The minimum absolute atomic E-state index is 0.0594. The zero-order valence-electron chi connectivity index (χ0n) is 17.0. The first-order valence-corrected chi connectivity index (χ1v) is 10.3. The highest BCUT2D eigenvalue weighted by molar-refractivity contribution is 5.90. The average Bonchev–Trinajstić information content (AvgIpc) is 3.51. The number of carbonyl (C=O) groups is 2. The molecule has 1 spiro atoms. The Bertz CT molecular complexity index is 846. The molecule has 1 aromatic rings. The third-order valence-electron chi connectivity index (χ3n) is 6.72. The van der Waals surface area contributed by atoms with Gasteiger partial charge in [0.15, 0.2) is 0 Å². The number of nitrogens with one attached hydrogen (secondary N) is 2. The first kappa shape index (κ1) is 19.9. The van der Waals surface area contributed by atoms with Crippen LogP contribution in [0.5, 0.6) is 5.75 Å². The van der Waals surface area contributed by atoms with Gasteiger partial charge in [-0.1, -0.05) is 12.1 Å². The lowest BCUT2D eigenvalue weighted by molar-refractivity contribution is -0.144. The Morgan fingerprint density at radius 3 is 2.72 bits per heavy atom. The number of hydroxylamine groups is 1. The van der Waals surface area contributed by atoms with Gasteiger partial charge in [-0.2, -0.15) is 0 Å². The van der Waals surface area contributed by atoms with Crippen molar-refractivity contribution in [3.8, 4) is 5.75 Å². The number of methoxy groups -OCH3 is 1. The highest BCUT2D eigenvalue weighted by Gasteiger charge is 2.52. The van der Waals surface area contributed by atoms with Crippen molar-refractivity contribution in [1.82, 2.24) is 15.7 Å². The number of hydrogen-bond donors (Lipinski definition) is 3. The molecule has 2 amide bonds. The molecule has 3 aliphatic rings. The van der Waals surface area contributed by atoms with Crippen LogP contribution < -0.4 is 15.5 Å². The smallest absolute Gasteiger partial charge is 0.248 e. The second kappa shape index (κ2) is 7.80. The predicted octanol–water partition coefficient (Wildman–Crippen LogP) is 1.88. The Morgan fingerprint density at radius 1 is 1.34 bits per heavy atom. The maximum atomic E-state index is 13.2. The van der Waals surface area contributed by atoms with E-state index >= 15 is 0 Å². The van der Waals surface area contributed by atoms with E-state index in [0.29, 0.717) is 19.5 Å². The standard InChI is InChI=1S/C22H29N3O4/c1-14-11-16(29-2)3-4-17(14)15-5-9-25(10-6-15)21(27)19-18(20(26)24-28)12-22(7-8-22)13-23-19/h3-5,11,18-19,23,28H,6-10,12-13H2,1-2H3,(H,24,26)/t18-,19-/m0/s1. The van der Waals surface area contributed by atoms with Gasteiger partial charge in [-0.15, -0.1) is 0 Å². The fourth-order valence-electron chi connectivity index (χ4n) is 4.70. The summed E-state index contributed by atoms with van der Waals surface area (Å²) in [4.78, 5) is 27.2. The summed E-state index contributed by atoms with van der Waals surface area (Å²) in [7, 11) is 1.66. The number of ether oxygens (including phenoxy) is 1. The lowest BCUT2D eigenvalue weighted by atomic mass is 9.81. The number of rotatable bonds is 4. The molecule has 1 saturated heterocycles. The number of nitrogens with zero attached hydrogens (tertiary/aromatic N) is 1. The lowest BCUT2D eigenvalue weighted by Gasteiger charge is -2.38. The molecule has 7 heteroatoms. The molecule has 0 radical (unpaired) electrons. The van der Waals surface area contributed by atoms with Gasteiger partial charge >= 0.3 is 0 Å². The molecule has 29 heavy (non-hydrogen) atoms. The molecule has 0 unspecified atom stereocenters. The van der Waals surface area contributed by atoms with Gasteiger partial charge in [-0.3, -0.25) is 14.8 Å². The Morgan fingerprint density at radius 2 is 2.14 bits per heavy atom. The third-order valence-corrected chi connectivity index (χ3v) is 6.72. The van der Waals surface area contributed by atoms with E-state index in [-0.39, 0.29) is 11.3 Å². The van der Waals surface area contributed by atoms with Crippen LogP contribution in [0.25, 0.3) is 5.57 Å². The molecule has 1 saturated carbocycles. The van der Waals surface area contributed by atoms with E-state index in [2.05, 4.69) is 24.4 Å². The fourth-order valence-corrected chi connectivity index (χ4v) is 4.70. The monoisotopic (exact) mass is 399 g/mol. The van der Waals surface area contributed by atoms with Gasteiger partial charge in [0.1, 0.15) is 5.75 Å². The first-order chi connectivity index (χ1) is 14.0. The highest BCUT2D eigenvalue weighted by Crippen LogP contribution is 2.52. The van der Waals surface area contributed by atoms with Crippen LogP contribution in [0.3, 0.4) is 0 Å². The van der Waals surface area contributed by atoms with E-state index < -0.39 is 17.9 Å². The molecular formula is C22H29N3O4. The highest BCUT2D eigenvalue weighted by atomic mass is 16.5. The zero-order valence-corrected chi connectivity index (χ0v) is 17.0. The molecule has 0 bridgehead atoms. The van der Waals surface area contributed by atoms with Crippen LogP contribution in [-0.4, -0.2) is 54.7 Å². The summed E-state index contributed by atoms with van der Waals surface area (Å²) < 4.78 is 5.28. The quantitative estimate of drug-likeness (QED) is 0.531. The molecule has 2 fully saturated rings. The van der Waals surface area contributed by atoms with E-state index in [1.807, 2.05) is 17.0 Å². The van der Waals surface area contributed by atoms with Crippen molar-refractivity contribution in [2.24, 2.45) is 11.3 Å². The van der Waals surface area contributed by atoms with Gasteiger partial charge < -0.3 is 15.0 Å². The van der Waals surface area contributed by atoms with E-state index in [4.69, 9.17) is 9.94 Å². The largest absolute Gasteiger partial charge is 0.497 e. The molecule has 156 valence electrons. The molecule has 2 atom stereocenters. The molecule has 3 N–H and O–H groups in total. The average molecular weight is 399 g/mol. The Kier molecular flexibility index (Phi) is 5.36. The van der Waals surface area contributed by atoms with Gasteiger partial charge in [0.05, 0.1) is 19.1 Å². The Labute approximate surface area is 171 Å². The summed E-state index contributed by atoms with van der Waals surface area (Å²) in [5, 5.41) is 12.4. The number of hydrogen-bond acceptors (Lipinski definition) is 5. The van der Waals surface area contributed by atoms with E-state index in [0.717, 1.165) is 37.1 Å². The van der Waals surface area contributed by atoms with Gasteiger partial charge in [0, 0.05) is 19.6 Å². The second-order valence-electron chi connectivity index (χ2n) is 8.59. The number of amides is 2. The second-order valence-corrected chi connectivity index (χ2v) is 8.59. The summed E-state index contributed by atoms with van der Waals surface area (Å²) in [5.41, 5.74) is 5.46. The molecule has 2 aliphatic heterocycles. The molecule has 0 aromatic heterocycles. The van der Waals surface area contributed by atoms with E-state index in [9.17, 15) is 9.59 Å². The maximum Gasteiger partial charge on any atom is 0.248 e. The maximum absolute atomic E-state index is 13.2. The van der Waals surface area contributed by atoms with Crippen molar-refractivity contribution in [3.05, 3.63) is 35.4 Å². The van der Waals surface area contributed by atoms with Crippen LogP contribution in [0, 0.1) is 18.3 Å². The first-order valence-electron chi connectivity index (χ1n) is 10.3. The number of piperidine rings is 1.